The molecule has 0 aliphatic rings. The van der Waals surface area contributed by atoms with Crippen LogP contribution in [0.5, 0.6) is 5.75 Å². The van der Waals surface area contributed by atoms with Gasteiger partial charge in [0.25, 0.3) is 0 Å². The van der Waals surface area contributed by atoms with Crippen molar-refractivity contribution in [2.24, 2.45) is 5.73 Å². The molecule has 0 radical (unpaired) electrons. The topological polar surface area (TPSA) is 35.2 Å². The number of benzene rings is 1. The smallest absolute Gasteiger partial charge is 0.120 e. The van der Waals surface area contributed by atoms with E-state index in [0.29, 0.717) is 0 Å². The summed E-state index contributed by atoms with van der Waals surface area (Å²) in [5, 5.41) is 0. The van der Waals surface area contributed by atoms with Gasteiger partial charge in [0, 0.05) is 10.5 Å². The van der Waals surface area contributed by atoms with E-state index in [9.17, 15) is 0 Å². The van der Waals surface area contributed by atoms with Crippen molar-refractivity contribution in [2.75, 3.05) is 6.61 Å². The first-order valence-corrected chi connectivity index (χ1v) is 6.62. The molecule has 1 aromatic carbocycles. The average molecular weight is 286 g/mol. The number of hydrogen-bond donors (Lipinski definition) is 1. The molecule has 1 unspecified atom stereocenters. The molecule has 1 rings (SSSR count). The van der Waals surface area contributed by atoms with Crippen LogP contribution in [0.4, 0.5) is 0 Å². The zero-order valence-corrected chi connectivity index (χ0v) is 11.6. The number of halogens is 1. The summed E-state index contributed by atoms with van der Waals surface area (Å²) in [6.45, 7) is 4.95. The summed E-state index contributed by atoms with van der Waals surface area (Å²) in [5.41, 5.74) is 6.95. The van der Waals surface area contributed by atoms with E-state index in [-0.39, 0.29) is 6.04 Å². The van der Waals surface area contributed by atoms with Gasteiger partial charge in [-0.3, -0.25) is 0 Å². The van der Waals surface area contributed by atoms with Crippen molar-refractivity contribution >= 4 is 15.9 Å². The maximum atomic E-state index is 5.83. The summed E-state index contributed by atoms with van der Waals surface area (Å²) >= 11 is 3.51. The number of ether oxygens (including phenoxy) is 1. The highest BCUT2D eigenvalue weighted by molar-refractivity contribution is 9.10. The number of unbranched alkanes of at least 4 members (excludes halogenated alkanes) is 2. The molecule has 2 nitrogen and oxygen atoms in total. The Labute approximate surface area is 106 Å². The Morgan fingerprint density at radius 3 is 2.69 bits per heavy atom. The molecule has 0 heterocycles. The fraction of sp³-hybridized carbons (Fsp3) is 0.538. The first-order chi connectivity index (χ1) is 7.65. The Bertz CT molecular complexity index is 326. The van der Waals surface area contributed by atoms with Crippen LogP contribution in [0.15, 0.2) is 22.7 Å². The summed E-state index contributed by atoms with van der Waals surface area (Å²) in [6.07, 6.45) is 3.55. The third kappa shape index (κ3) is 4.14. The quantitative estimate of drug-likeness (QED) is 0.801. The van der Waals surface area contributed by atoms with Crippen molar-refractivity contribution < 1.29 is 4.74 Å². The fourth-order valence-electron chi connectivity index (χ4n) is 1.51. The van der Waals surface area contributed by atoms with Crippen LogP contribution in [0.2, 0.25) is 0 Å². The van der Waals surface area contributed by atoms with E-state index >= 15 is 0 Å². The van der Waals surface area contributed by atoms with Crippen LogP contribution in [0.1, 0.15) is 44.7 Å². The molecule has 0 aliphatic carbocycles. The molecule has 0 fully saturated rings. The van der Waals surface area contributed by atoms with Gasteiger partial charge in [-0.25, -0.2) is 0 Å². The van der Waals surface area contributed by atoms with E-state index in [4.69, 9.17) is 10.5 Å². The third-order valence-electron chi connectivity index (χ3n) is 2.48. The summed E-state index contributed by atoms with van der Waals surface area (Å²) in [6, 6.07) is 6.03. The Hall–Kier alpha value is -0.540. The van der Waals surface area contributed by atoms with Crippen LogP contribution >= 0.6 is 15.9 Å². The molecule has 0 amide bonds. The Morgan fingerprint density at radius 2 is 2.12 bits per heavy atom. The molecule has 3 heteroatoms. The zero-order chi connectivity index (χ0) is 12.0. The second-order valence-corrected chi connectivity index (χ2v) is 4.88. The van der Waals surface area contributed by atoms with Gasteiger partial charge >= 0.3 is 0 Å². The van der Waals surface area contributed by atoms with E-state index in [1.54, 1.807) is 0 Å². The predicted molar refractivity (Wildman–Crippen MR) is 71.8 cm³/mol. The highest BCUT2D eigenvalue weighted by Gasteiger charge is 2.05. The van der Waals surface area contributed by atoms with Crippen LogP contribution in [-0.4, -0.2) is 6.61 Å². The lowest BCUT2D eigenvalue weighted by Crippen LogP contribution is -2.06. The molecule has 90 valence electrons. The van der Waals surface area contributed by atoms with E-state index in [2.05, 4.69) is 22.9 Å². The minimum absolute atomic E-state index is 0.0449. The van der Waals surface area contributed by atoms with Gasteiger partial charge in [0.05, 0.1) is 6.61 Å². The maximum absolute atomic E-state index is 5.83. The van der Waals surface area contributed by atoms with Crippen molar-refractivity contribution in [3.8, 4) is 5.75 Å². The van der Waals surface area contributed by atoms with E-state index in [1.165, 1.54) is 12.8 Å². The monoisotopic (exact) mass is 285 g/mol. The lowest BCUT2D eigenvalue weighted by Gasteiger charge is -2.11. The minimum atomic E-state index is 0.0449. The second kappa shape index (κ2) is 6.92. The molecule has 0 saturated carbocycles. The Kier molecular flexibility index (Phi) is 5.85. The maximum Gasteiger partial charge on any atom is 0.120 e. The second-order valence-electron chi connectivity index (χ2n) is 4.03. The van der Waals surface area contributed by atoms with Gasteiger partial charge in [-0.1, -0.05) is 41.8 Å². The van der Waals surface area contributed by atoms with Crippen molar-refractivity contribution in [3.05, 3.63) is 28.2 Å². The fourth-order valence-corrected chi connectivity index (χ4v) is 2.23. The molecule has 0 saturated heterocycles. The van der Waals surface area contributed by atoms with E-state index in [0.717, 1.165) is 28.8 Å². The summed E-state index contributed by atoms with van der Waals surface area (Å²) in [4.78, 5) is 0. The van der Waals surface area contributed by atoms with E-state index in [1.807, 2.05) is 25.1 Å². The normalized spacial score (nSPS) is 12.5. The van der Waals surface area contributed by atoms with Crippen molar-refractivity contribution in [2.45, 2.75) is 39.2 Å². The van der Waals surface area contributed by atoms with Crippen molar-refractivity contribution in [1.82, 2.24) is 0 Å². The third-order valence-corrected chi connectivity index (χ3v) is 3.17. The number of hydrogen-bond acceptors (Lipinski definition) is 2. The van der Waals surface area contributed by atoms with E-state index < -0.39 is 0 Å². The van der Waals surface area contributed by atoms with Gasteiger partial charge in [0.15, 0.2) is 0 Å². The molecular weight excluding hydrogens is 266 g/mol. The van der Waals surface area contributed by atoms with Gasteiger partial charge in [0.1, 0.15) is 5.75 Å². The van der Waals surface area contributed by atoms with Crippen LogP contribution < -0.4 is 10.5 Å². The first kappa shape index (κ1) is 13.5. The number of nitrogens with two attached hydrogens (primary N) is 1. The van der Waals surface area contributed by atoms with Crippen molar-refractivity contribution in [3.63, 3.8) is 0 Å². The Balaban J connectivity index is 2.53. The van der Waals surface area contributed by atoms with Gasteiger partial charge in [-0.15, -0.1) is 0 Å². The lowest BCUT2D eigenvalue weighted by atomic mass is 10.1. The summed E-state index contributed by atoms with van der Waals surface area (Å²) < 4.78 is 6.68. The molecule has 0 spiro atoms. The predicted octanol–water partition coefficient (Wildman–Crippen LogP) is 4.04. The largest absolute Gasteiger partial charge is 0.494 e. The van der Waals surface area contributed by atoms with Gasteiger partial charge in [-0.05, 0) is 31.0 Å². The highest BCUT2D eigenvalue weighted by atomic mass is 79.9. The lowest BCUT2D eigenvalue weighted by molar-refractivity contribution is 0.306. The number of rotatable bonds is 6. The van der Waals surface area contributed by atoms with Crippen LogP contribution in [0.3, 0.4) is 0 Å². The van der Waals surface area contributed by atoms with Gasteiger partial charge in [0.2, 0.25) is 0 Å². The molecule has 16 heavy (non-hydrogen) atoms. The minimum Gasteiger partial charge on any atom is -0.494 e. The molecule has 0 bridgehead atoms. The molecule has 0 aromatic heterocycles. The van der Waals surface area contributed by atoms with Crippen molar-refractivity contribution in [1.29, 1.82) is 0 Å². The van der Waals surface area contributed by atoms with Crippen LogP contribution in [0, 0.1) is 0 Å². The first-order valence-electron chi connectivity index (χ1n) is 5.83. The Morgan fingerprint density at radius 1 is 1.38 bits per heavy atom. The van der Waals surface area contributed by atoms with Gasteiger partial charge < -0.3 is 10.5 Å². The molecule has 0 aliphatic heterocycles. The van der Waals surface area contributed by atoms with Crippen LogP contribution in [0.25, 0.3) is 0 Å². The molecule has 1 aromatic rings. The molecular formula is C13H20BrNO. The summed E-state index contributed by atoms with van der Waals surface area (Å²) in [7, 11) is 0. The molecule has 1 atom stereocenters. The summed E-state index contributed by atoms with van der Waals surface area (Å²) in [5.74, 6) is 0.910. The SMILES string of the molecule is CCCCCOc1ccc(C(C)N)c(Br)c1. The standard InChI is InChI=1S/C13H20BrNO/c1-3-4-5-8-16-11-6-7-12(10(2)15)13(14)9-11/h6-7,9-10H,3-5,8,15H2,1-2H3. The average Bonchev–Trinajstić information content (AvgIpc) is 2.24. The highest BCUT2D eigenvalue weighted by Crippen LogP contribution is 2.26. The van der Waals surface area contributed by atoms with Gasteiger partial charge in [-0.2, -0.15) is 0 Å². The zero-order valence-electron chi connectivity index (χ0n) is 10.0. The van der Waals surface area contributed by atoms with Crippen LogP contribution in [-0.2, 0) is 0 Å². The molecule has 2 N–H and O–H groups in total.